The molecule has 0 amide bonds. The highest BCUT2D eigenvalue weighted by Crippen LogP contribution is 2.45. The number of Topliss-reactive ketones (excluding diaryl/α,β-unsaturated/α-hetero) is 1. The van der Waals surface area contributed by atoms with E-state index >= 15 is 0 Å². The first-order valence-corrected chi connectivity index (χ1v) is 4.82. The van der Waals surface area contributed by atoms with Crippen molar-refractivity contribution < 1.29 is 9.59 Å². The van der Waals surface area contributed by atoms with E-state index in [4.69, 9.17) is 0 Å². The van der Waals surface area contributed by atoms with E-state index in [1.54, 1.807) is 0 Å². The molecule has 1 heterocycles. The molecule has 0 radical (unpaired) electrons. The minimum Gasteiger partial charge on any atom is -0.298 e. The molecule has 1 saturated carbocycles. The molecule has 1 aliphatic carbocycles. The molecule has 1 aliphatic heterocycles. The number of carbonyl (C=O) groups excluding carboxylic acids is 2. The van der Waals surface area contributed by atoms with Crippen molar-refractivity contribution in [2.24, 2.45) is 11.8 Å². The third-order valence-electron chi connectivity index (χ3n) is 2.35. The Bertz CT molecular complexity index is 220. The lowest BCUT2D eigenvalue weighted by atomic mass is 9.99. The van der Waals surface area contributed by atoms with E-state index in [2.05, 4.69) is 0 Å². The van der Waals surface area contributed by atoms with Crippen molar-refractivity contribution in [2.45, 2.75) is 25.0 Å². The van der Waals surface area contributed by atoms with Crippen LogP contribution in [0, 0.1) is 11.8 Å². The van der Waals surface area contributed by atoms with Gasteiger partial charge in [-0.1, -0.05) is 11.8 Å². The van der Waals surface area contributed by atoms with Crippen LogP contribution in [0.1, 0.15) is 19.8 Å². The molecule has 1 saturated heterocycles. The molecule has 2 aliphatic rings. The average Bonchev–Trinajstić information content (AvgIpc) is 2.68. The molecule has 60 valence electrons. The van der Waals surface area contributed by atoms with E-state index in [0.717, 1.165) is 12.8 Å². The van der Waals surface area contributed by atoms with Crippen LogP contribution >= 0.6 is 11.8 Å². The van der Waals surface area contributed by atoms with Gasteiger partial charge in [-0.25, -0.2) is 0 Å². The van der Waals surface area contributed by atoms with Crippen LogP contribution in [0.5, 0.6) is 0 Å². The number of rotatable bonds is 1. The van der Waals surface area contributed by atoms with Gasteiger partial charge >= 0.3 is 0 Å². The van der Waals surface area contributed by atoms with Crippen LogP contribution in [0.25, 0.3) is 0 Å². The van der Waals surface area contributed by atoms with E-state index < -0.39 is 0 Å². The summed E-state index contributed by atoms with van der Waals surface area (Å²) >= 11 is 1.22. The molecule has 2 rings (SSSR count). The molecule has 11 heavy (non-hydrogen) atoms. The van der Waals surface area contributed by atoms with Gasteiger partial charge < -0.3 is 0 Å². The smallest absolute Gasteiger partial charge is 0.200 e. The molecule has 3 heteroatoms. The molecule has 2 fully saturated rings. The molecule has 0 aromatic carbocycles. The lowest BCUT2D eigenvalue weighted by Crippen LogP contribution is -2.19. The van der Waals surface area contributed by atoms with E-state index in [0.29, 0.717) is 5.92 Å². The fourth-order valence-electron chi connectivity index (χ4n) is 1.53. The van der Waals surface area contributed by atoms with Gasteiger partial charge in [0.1, 0.15) is 0 Å². The van der Waals surface area contributed by atoms with Crippen molar-refractivity contribution in [3.05, 3.63) is 0 Å². The van der Waals surface area contributed by atoms with Crippen molar-refractivity contribution in [2.75, 3.05) is 0 Å². The topological polar surface area (TPSA) is 34.1 Å². The van der Waals surface area contributed by atoms with Crippen LogP contribution in [0.3, 0.4) is 0 Å². The second-order valence-corrected chi connectivity index (χ2v) is 4.64. The molecule has 0 N–H and O–H groups in total. The van der Waals surface area contributed by atoms with Gasteiger partial charge in [0, 0.05) is 0 Å². The monoisotopic (exact) mass is 170 g/mol. The van der Waals surface area contributed by atoms with Gasteiger partial charge in [-0.2, -0.15) is 0 Å². The molecular weight excluding hydrogens is 160 g/mol. The Kier molecular flexibility index (Phi) is 1.56. The zero-order valence-corrected chi connectivity index (χ0v) is 7.19. The first kappa shape index (κ1) is 7.35. The van der Waals surface area contributed by atoms with Gasteiger partial charge in [0.2, 0.25) is 0 Å². The van der Waals surface area contributed by atoms with Crippen LogP contribution in [0.4, 0.5) is 0 Å². The molecule has 2 atom stereocenters. The van der Waals surface area contributed by atoms with Crippen molar-refractivity contribution in [1.82, 2.24) is 0 Å². The summed E-state index contributed by atoms with van der Waals surface area (Å²) in [7, 11) is 0. The highest BCUT2D eigenvalue weighted by molar-refractivity contribution is 8.15. The van der Waals surface area contributed by atoms with Crippen molar-refractivity contribution in [3.8, 4) is 0 Å². The number of hydrogen-bond acceptors (Lipinski definition) is 3. The van der Waals surface area contributed by atoms with Crippen LogP contribution in [-0.2, 0) is 9.59 Å². The Hall–Kier alpha value is -0.310. The predicted molar refractivity (Wildman–Crippen MR) is 43.3 cm³/mol. The lowest BCUT2D eigenvalue weighted by Gasteiger charge is -2.01. The summed E-state index contributed by atoms with van der Waals surface area (Å²) in [6.07, 6.45) is 2.16. The molecule has 0 aromatic rings. The van der Waals surface area contributed by atoms with E-state index in [1.807, 2.05) is 6.92 Å². The fraction of sp³-hybridized carbons (Fsp3) is 0.750. The van der Waals surface area contributed by atoms with Crippen LogP contribution in [0.2, 0.25) is 0 Å². The molecule has 2 unspecified atom stereocenters. The minimum atomic E-state index is -0.227. The normalized spacial score (nSPS) is 38.3. The van der Waals surface area contributed by atoms with Gasteiger partial charge in [-0.15, -0.1) is 0 Å². The number of hydrogen-bond donors (Lipinski definition) is 0. The fourth-order valence-corrected chi connectivity index (χ4v) is 2.60. The molecule has 2 nitrogen and oxygen atoms in total. The quantitative estimate of drug-likeness (QED) is 0.555. The zero-order valence-electron chi connectivity index (χ0n) is 6.37. The molecule has 0 bridgehead atoms. The maximum absolute atomic E-state index is 11.4. The highest BCUT2D eigenvalue weighted by atomic mass is 32.2. The Balaban J connectivity index is 2.17. The van der Waals surface area contributed by atoms with Gasteiger partial charge in [0.25, 0.3) is 0 Å². The Morgan fingerprint density at radius 2 is 2.00 bits per heavy atom. The van der Waals surface area contributed by atoms with E-state index in [9.17, 15) is 9.59 Å². The standard InChI is InChI=1S/C8H10O2S/c1-4-7(9)6(5-2-3-5)8(10)11-4/h4-6H,2-3H2,1H3. The summed E-state index contributed by atoms with van der Waals surface area (Å²) in [5, 5.41) is 0.0399. The summed E-state index contributed by atoms with van der Waals surface area (Å²) in [4.78, 5) is 22.6. The number of thioether (sulfide) groups is 1. The van der Waals surface area contributed by atoms with Crippen molar-refractivity contribution >= 4 is 22.7 Å². The summed E-state index contributed by atoms with van der Waals surface area (Å²) in [5.41, 5.74) is 0. The minimum absolute atomic E-state index is 0.0758. The highest BCUT2D eigenvalue weighted by Gasteiger charge is 2.47. The first-order valence-electron chi connectivity index (χ1n) is 3.94. The molecular formula is C8H10O2S. The number of ketones is 1. The largest absolute Gasteiger partial charge is 0.298 e. The maximum atomic E-state index is 11.4. The van der Waals surface area contributed by atoms with Crippen molar-refractivity contribution in [1.29, 1.82) is 0 Å². The van der Waals surface area contributed by atoms with E-state index in [-0.39, 0.29) is 22.1 Å². The third kappa shape index (κ3) is 1.11. The first-order chi connectivity index (χ1) is 5.20. The van der Waals surface area contributed by atoms with Gasteiger partial charge in [0.15, 0.2) is 10.9 Å². The summed E-state index contributed by atoms with van der Waals surface area (Å²) in [5.74, 6) is 0.352. The SMILES string of the molecule is CC1SC(=O)C(C2CC2)C1=O. The summed E-state index contributed by atoms with van der Waals surface area (Å²) in [6, 6.07) is 0. The van der Waals surface area contributed by atoms with Gasteiger partial charge in [-0.05, 0) is 25.7 Å². The average molecular weight is 170 g/mol. The third-order valence-corrected chi connectivity index (χ3v) is 3.42. The Morgan fingerprint density at radius 1 is 1.36 bits per heavy atom. The second-order valence-electron chi connectivity index (χ2n) is 3.30. The number of carbonyl (C=O) groups is 2. The summed E-state index contributed by atoms with van der Waals surface area (Å²) < 4.78 is 0. The molecule has 0 aromatic heterocycles. The second kappa shape index (κ2) is 2.34. The van der Waals surface area contributed by atoms with Crippen LogP contribution < -0.4 is 0 Å². The Morgan fingerprint density at radius 3 is 2.36 bits per heavy atom. The zero-order chi connectivity index (χ0) is 8.01. The van der Waals surface area contributed by atoms with Gasteiger partial charge in [0.05, 0.1) is 11.2 Å². The predicted octanol–water partition coefficient (Wildman–Crippen LogP) is 1.24. The Labute approximate surface area is 69.7 Å². The van der Waals surface area contributed by atoms with Crippen molar-refractivity contribution in [3.63, 3.8) is 0 Å². The van der Waals surface area contributed by atoms with Gasteiger partial charge in [-0.3, -0.25) is 9.59 Å². The molecule has 0 spiro atoms. The van der Waals surface area contributed by atoms with Crippen LogP contribution in [-0.4, -0.2) is 16.1 Å². The lowest BCUT2D eigenvalue weighted by molar-refractivity contribution is -0.127. The van der Waals surface area contributed by atoms with Crippen LogP contribution in [0.15, 0.2) is 0 Å². The maximum Gasteiger partial charge on any atom is 0.200 e. The summed E-state index contributed by atoms with van der Waals surface area (Å²) in [6.45, 7) is 1.83. The van der Waals surface area contributed by atoms with E-state index in [1.165, 1.54) is 11.8 Å².